The van der Waals surface area contributed by atoms with Crippen molar-refractivity contribution in [1.82, 2.24) is 14.5 Å². The van der Waals surface area contributed by atoms with Crippen molar-refractivity contribution in [3.8, 4) is 17.2 Å². The zero-order valence-electron chi connectivity index (χ0n) is 17.3. The number of halogens is 1. The van der Waals surface area contributed by atoms with Gasteiger partial charge in [-0.2, -0.15) is 4.31 Å². The Morgan fingerprint density at radius 1 is 1.10 bits per heavy atom. The number of hydrogen-bond acceptors (Lipinski definition) is 7. The number of benzene rings is 2. The van der Waals surface area contributed by atoms with Crippen LogP contribution >= 0.6 is 11.8 Å². The number of hydrogen-bond donors (Lipinski definition) is 0. The van der Waals surface area contributed by atoms with E-state index in [1.165, 1.54) is 28.2 Å². The van der Waals surface area contributed by atoms with E-state index in [1.807, 2.05) is 0 Å². The molecular formula is C21H24FN3O4S2. The normalized spacial score (nSPS) is 11.7. The van der Waals surface area contributed by atoms with Gasteiger partial charge >= 0.3 is 0 Å². The molecule has 0 aliphatic carbocycles. The maximum atomic E-state index is 12.9. The predicted octanol–water partition coefficient (Wildman–Crippen LogP) is 4.47. The first kappa shape index (κ1) is 23.2. The van der Waals surface area contributed by atoms with Gasteiger partial charge in [-0.25, -0.2) is 12.8 Å². The summed E-state index contributed by atoms with van der Waals surface area (Å²) in [5.74, 6) is 1.28. The molecule has 1 heterocycles. The molecule has 0 radical (unpaired) electrons. The van der Waals surface area contributed by atoms with E-state index in [0.29, 0.717) is 42.0 Å². The molecule has 1 aromatic heterocycles. The van der Waals surface area contributed by atoms with Crippen molar-refractivity contribution >= 4 is 21.8 Å². The molecule has 0 fully saturated rings. The highest BCUT2D eigenvalue weighted by Gasteiger charge is 2.22. The van der Waals surface area contributed by atoms with Crippen LogP contribution in [0.3, 0.4) is 0 Å². The molecule has 166 valence electrons. The van der Waals surface area contributed by atoms with Crippen LogP contribution in [-0.2, 0) is 10.0 Å². The Morgan fingerprint density at radius 2 is 1.84 bits per heavy atom. The van der Waals surface area contributed by atoms with Crippen molar-refractivity contribution in [3.05, 3.63) is 54.3 Å². The monoisotopic (exact) mass is 465 g/mol. The maximum Gasteiger partial charge on any atom is 0.276 e. The highest BCUT2D eigenvalue weighted by atomic mass is 32.2. The fourth-order valence-electron chi connectivity index (χ4n) is 2.83. The van der Waals surface area contributed by atoms with Crippen LogP contribution in [0.25, 0.3) is 11.5 Å². The van der Waals surface area contributed by atoms with Crippen LogP contribution in [0.1, 0.15) is 20.3 Å². The van der Waals surface area contributed by atoms with Gasteiger partial charge in [0.2, 0.25) is 15.9 Å². The second-order valence-corrected chi connectivity index (χ2v) is 9.48. The third-order valence-corrected chi connectivity index (χ3v) is 7.38. The summed E-state index contributed by atoms with van der Waals surface area (Å²) in [6.07, 6.45) is 0.733. The van der Waals surface area contributed by atoms with Gasteiger partial charge in [-0.1, -0.05) is 31.7 Å². The van der Waals surface area contributed by atoms with Crippen molar-refractivity contribution in [2.24, 2.45) is 0 Å². The van der Waals surface area contributed by atoms with E-state index in [1.54, 1.807) is 50.2 Å². The third-order valence-electron chi connectivity index (χ3n) is 4.43. The lowest BCUT2D eigenvalue weighted by atomic mass is 10.2. The summed E-state index contributed by atoms with van der Waals surface area (Å²) >= 11 is 1.39. The van der Waals surface area contributed by atoms with Crippen LogP contribution in [0.2, 0.25) is 0 Å². The molecule has 0 atom stereocenters. The van der Waals surface area contributed by atoms with Crippen molar-refractivity contribution in [2.45, 2.75) is 30.4 Å². The number of ether oxygens (including phenoxy) is 1. The minimum Gasteiger partial charge on any atom is -0.494 e. The average Bonchev–Trinajstić information content (AvgIpc) is 3.24. The topological polar surface area (TPSA) is 85.5 Å². The van der Waals surface area contributed by atoms with Crippen LogP contribution in [0.4, 0.5) is 4.39 Å². The Morgan fingerprint density at radius 3 is 2.55 bits per heavy atom. The molecule has 3 aromatic rings. The molecule has 0 spiro atoms. The van der Waals surface area contributed by atoms with Gasteiger partial charge in [0, 0.05) is 24.4 Å². The molecule has 0 unspecified atom stereocenters. The maximum absolute atomic E-state index is 12.9. The summed E-state index contributed by atoms with van der Waals surface area (Å²) in [5.41, 5.74) is 0.548. The molecule has 7 nitrogen and oxygen atoms in total. The summed E-state index contributed by atoms with van der Waals surface area (Å²) in [4.78, 5) is 0.194. The van der Waals surface area contributed by atoms with Gasteiger partial charge < -0.3 is 9.15 Å². The first-order valence-electron chi connectivity index (χ1n) is 9.89. The fraction of sp³-hybridized carbons (Fsp3) is 0.333. The second kappa shape index (κ2) is 10.7. The molecule has 31 heavy (non-hydrogen) atoms. The average molecular weight is 466 g/mol. The van der Waals surface area contributed by atoms with Crippen LogP contribution in [0, 0.1) is 5.82 Å². The number of sulfonamides is 1. The number of nitrogens with zero attached hydrogens (tertiary/aromatic N) is 3. The van der Waals surface area contributed by atoms with E-state index in [4.69, 9.17) is 9.15 Å². The van der Waals surface area contributed by atoms with E-state index in [9.17, 15) is 12.8 Å². The van der Waals surface area contributed by atoms with Crippen molar-refractivity contribution in [1.29, 1.82) is 0 Å². The highest BCUT2D eigenvalue weighted by molar-refractivity contribution is 7.99. The summed E-state index contributed by atoms with van der Waals surface area (Å²) in [5, 5.41) is 8.46. The van der Waals surface area contributed by atoms with Crippen LogP contribution < -0.4 is 4.74 Å². The largest absolute Gasteiger partial charge is 0.494 e. The van der Waals surface area contributed by atoms with Gasteiger partial charge in [0.25, 0.3) is 5.22 Å². The Hall–Kier alpha value is -2.43. The summed E-state index contributed by atoms with van der Waals surface area (Å²) in [6.45, 7) is 4.88. The van der Waals surface area contributed by atoms with E-state index in [-0.39, 0.29) is 16.6 Å². The lowest BCUT2D eigenvalue weighted by Gasteiger charge is -2.18. The standard InChI is InChI=1S/C21H24FN3O4S2/c1-3-25(4-2)31(26,27)19-8-5-7-16(15-19)20-23-24-21(29-20)30-14-6-13-28-18-11-9-17(22)10-12-18/h5,7-12,15H,3-4,6,13-14H2,1-2H3. The molecular weight excluding hydrogens is 441 g/mol. The Kier molecular flexibility index (Phi) is 8.05. The van der Waals surface area contributed by atoms with Crippen molar-refractivity contribution in [2.75, 3.05) is 25.4 Å². The van der Waals surface area contributed by atoms with Gasteiger partial charge in [0.05, 0.1) is 11.5 Å². The smallest absolute Gasteiger partial charge is 0.276 e. The first-order chi connectivity index (χ1) is 14.9. The zero-order chi connectivity index (χ0) is 22.3. The Labute approximate surface area is 185 Å². The van der Waals surface area contributed by atoms with Crippen LogP contribution in [0.5, 0.6) is 5.75 Å². The van der Waals surface area contributed by atoms with Gasteiger partial charge in [-0.3, -0.25) is 0 Å². The lowest BCUT2D eigenvalue weighted by molar-refractivity contribution is 0.318. The minimum atomic E-state index is -3.57. The predicted molar refractivity (Wildman–Crippen MR) is 117 cm³/mol. The number of aromatic nitrogens is 2. The Balaban J connectivity index is 1.56. The van der Waals surface area contributed by atoms with Gasteiger partial charge in [-0.05, 0) is 48.9 Å². The Bertz CT molecular complexity index is 1080. The van der Waals surface area contributed by atoms with Crippen LogP contribution in [0.15, 0.2) is 63.1 Å². The second-order valence-electron chi connectivity index (χ2n) is 6.49. The summed E-state index contributed by atoms with van der Waals surface area (Å²) in [7, 11) is -3.57. The van der Waals surface area contributed by atoms with Gasteiger partial charge in [0.15, 0.2) is 0 Å². The molecule has 2 aromatic carbocycles. The SMILES string of the molecule is CCN(CC)S(=O)(=O)c1cccc(-c2nnc(SCCCOc3ccc(F)cc3)o2)c1. The van der Waals surface area contributed by atoms with E-state index in [2.05, 4.69) is 10.2 Å². The van der Waals surface area contributed by atoms with Crippen molar-refractivity contribution < 1.29 is 22.0 Å². The molecule has 10 heteroatoms. The lowest BCUT2D eigenvalue weighted by Crippen LogP contribution is -2.30. The molecule has 0 aliphatic heterocycles. The van der Waals surface area contributed by atoms with Gasteiger partial charge in [-0.15, -0.1) is 10.2 Å². The summed E-state index contributed by atoms with van der Waals surface area (Å²) < 4.78 is 51.0. The molecule has 0 bridgehead atoms. The highest BCUT2D eigenvalue weighted by Crippen LogP contribution is 2.26. The molecule has 0 saturated heterocycles. The quantitative estimate of drug-likeness (QED) is 0.305. The minimum absolute atomic E-state index is 0.194. The molecule has 3 rings (SSSR count). The first-order valence-corrected chi connectivity index (χ1v) is 12.3. The van der Waals surface area contributed by atoms with E-state index in [0.717, 1.165) is 6.42 Å². The van der Waals surface area contributed by atoms with E-state index < -0.39 is 10.0 Å². The number of thioether (sulfide) groups is 1. The zero-order valence-corrected chi connectivity index (χ0v) is 19.0. The number of rotatable bonds is 11. The molecule has 0 N–H and O–H groups in total. The molecule has 0 amide bonds. The molecule has 0 saturated carbocycles. The van der Waals surface area contributed by atoms with Crippen LogP contribution in [-0.4, -0.2) is 48.4 Å². The van der Waals surface area contributed by atoms with Gasteiger partial charge in [0.1, 0.15) is 11.6 Å². The third kappa shape index (κ3) is 6.05. The fourth-order valence-corrected chi connectivity index (χ4v) is 5.00. The summed E-state index contributed by atoms with van der Waals surface area (Å²) in [6, 6.07) is 12.4. The van der Waals surface area contributed by atoms with Crippen molar-refractivity contribution in [3.63, 3.8) is 0 Å². The molecule has 0 aliphatic rings. The van der Waals surface area contributed by atoms with E-state index >= 15 is 0 Å².